The lowest BCUT2D eigenvalue weighted by Gasteiger charge is -2.33. The minimum atomic E-state index is -0.537. The van der Waals surface area contributed by atoms with Crippen molar-refractivity contribution in [2.45, 2.75) is 58.7 Å². The Hall–Kier alpha value is -4.08. The molecule has 2 heterocycles. The van der Waals surface area contributed by atoms with Crippen molar-refractivity contribution < 1.29 is 19.1 Å². The number of piperidine rings is 1. The van der Waals surface area contributed by atoms with Gasteiger partial charge in [0, 0.05) is 47.5 Å². The van der Waals surface area contributed by atoms with Gasteiger partial charge in [-0.1, -0.05) is 41.9 Å². The highest BCUT2D eigenvalue weighted by molar-refractivity contribution is 6.36. The average molecular weight is 604 g/mol. The Labute approximate surface area is 257 Å². The van der Waals surface area contributed by atoms with E-state index in [9.17, 15) is 9.59 Å². The molecule has 4 aromatic rings. The van der Waals surface area contributed by atoms with Crippen molar-refractivity contribution >= 4 is 46.0 Å². The molecule has 9 nitrogen and oxygen atoms in total. The molecule has 1 fully saturated rings. The third kappa shape index (κ3) is 6.95. The van der Waals surface area contributed by atoms with Gasteiger partial charge in [0.1, 0.15) is 11.4 Å². The minimum absolute atomic E-state index is 0.131. The van der Waals surface area contributed by atoms with E-state index in [0.29, 0.717) is 36.2 Å². The topological polar surface area (TPSA) is 97.7 Å². The Bertz CT molecular complexity index is 1620. The van der Waals surface area contributed by atoms with Gasteiger partial charge in [0.05, 0.1) is 23.7 Å². The van der Waals surface area contributed by atoms with Crippen molar-refractivity contribution in [2.75, 3.05) is 30.8 Å². The normalized spacial score (nSPS) is 14.1. The fourth-order valence-corrected chi connectivity index (χ4v) is 5.68. The number of hydrogen-bond acceptors (Lipinski definition) is 5. The number of amides is 3. The van der Waals surface area contributed by atoms with E-state index in [1.807, 2.05) is 76.2 Å². The van der Waals surface area contributed by atoms with Crippen LogP contribution in [-0.2, 0) is 16.1 Å². The fraction of sp³-hybridized carbons (Fsp3) is 0.364. The van der Waals surface area contributed by atoms with Crippen molar-refractivity contribution in [2.24, 2.45) is 0 Å². The number of likely N-dealkylation sites (tertiary alicyclic amines) is 1. The zero-order chi connectivity index (χ0) is 30.7. The molecule has 0 saturated carbocycles. The molecular formula is C33H38ClN5O4. The number of para-hydroxylation sites is 1. The van der Waals surface area contributed by atoms with E-state index in [-0.39, 0.29) is 12.0 Å². The Kier molecular flexibility index (Phi) is 8.94. The minimum Gasteiger partial charge on any atom is -0.444 e. The van der Waals surface area contributed by atoms with Crippen LogP contribution in [-0.4, -0.2) is 52.6 Å². The zero-order valence-corrected chi connectivity index (χ0v) is 26.0. The molecule has 5 rings (SSSR count). The smallest absolute Gasteiger partial charge is 0.410 e. The monoisotopic (exact) mass is 603 g/mol. The maximum absolute atomic E-state index is 13.5. The number of nitrogens with one attached hydrogen (secondary N) is 2. The van der Waals surface area contributed by atoms with Crippen molar-refractivity contribution in [3.63, 3.8) is 0 Å². The molecule has 0 atom stereocenters. The van der Waals surface area contributed by atoms with Crippen LogP contribution in [0.5, 0.6) is 0 Å². The number of halogens is 1. The second kappa shape index (κ2) is 12.7. The molecule has 0 unspecified atom stereocenters. The maximum atomic E-state index is 13.5. The van der Waals surface area contributed by atoms with Crippen molar-refractivity contribution in [3.05, 3.63) is 82.5 Å². The lowest BCUT2D eigenvalue weighted by molar-refractivity contribution is 0.0204. The van der Waals surface area contributed by atoms with Gasteiger partial charge < -0.3 is 19.7 Å². The first-order valence-corrected chi connectivity index (χ1v) is 14.8. The van der Waals surface area contributed by atoms with Crippen LogP contribution in [0, 0.1) is 6.92 Å². The van der Waals surface area contributed by atoms with Gasteiger partial charge in [-0.05, 0) is 76.4 Å². The number of aromatic nitrogens is 2. The number of carbonyl (C=O) groups is 2. The van der Waals surface area contributed by atoms with E-state index < -0.39 is 11.6 Å². The van der Waals surface area contributed by atoms with Crippen LogP contribution >= 0.6 is 11.6 Å². The largest absolute Gasteiger partial charge is 0.444 e. The Morgan fingerprint density at radius 3 is 2.40 bits per heavy atom. The molecule has 10 heteroatoms. The SMILES string of the molecule is COCc1ccc2c(Cl)ccc(NC(=O)Nc3c(C)c(C4CCN(C(=O)OC(C)(C)C)CC4)nn3-c3ccccc3)c2c1. The molecule has 0 aliphatic carbocycles. The lowest BCUT2D eigenvalue weighted by Crippen LogP contribution is -2.41. The van der Waals surface area contributed by atoms with Gasteiger partial charge in [-0.25, -0.2) is 14.3 Å². The number of urea groups is 1. The van der Waals surface area contributed by atoms with Gasteiger partial charge >= 0.3 is 12.1 Å². The van der Waals surface area contributed by atoms with Crippen LogP contribution in [0.4, 0.5) is 21.1 Å². The van der Waals surface area contributed by atoms with E-state index in [2.05, 4.69) is 10.6 Å². The first-order valence-electron chi connectivity index (χ1n) is 14.4. The highest BCUT2D eigenvalue weighted by Crippen LogP contribution is 2.35. The average Bonchev–Trinajstić information content (AvgIpc) is 3.30. The van der Waals surface area contributed by atoms with Gasteiger partial charge in [0.2, 0.25) is 0 Å². The van der Waals surface area contributed by atoms with Gasteiger partial charge in [-0.15, -0.1) is 0 Å². The van der Waals surface area contributed by atoms with Gasteiger partial charge in [0.25, 0.3) is 0 Å². The summed E-state index contributed by atoms with van der Waals surface area (Å²) in [6.07, 6.45) is 1.21. The number of anilines is 2. The van der Waals surface area contributed by atoms with Gasteiger partial charge in [-0.3, -0.25) is 5.32 Å². The third-order valence-electron chi connectivity index (χ3n) is 7.51. The highest BCUT2D eigenvalue weighted by Gasteiger charge is 2.31. The van der Waals surface area contributed by atoms with E-state index in [1.165, 1.54) is 0 Å². The van der Waals surface area contributed by atoms with Crippen LogP contribution in [0.25, 0.3) is 16.5 Å². The Morgan fingerprint density at radius 2 is 1.72 bits per heavy atom. The molecule has 3 amide bonds. The predicted molar refractivity (Wildman–Crippen MR) is 170 cm³/mol. The van der Waals surface area contributed by atoms with Crippen LogP contribution in [0.15, 0.2) is 60.7 Å². The van der Waals surface area contributed by atoms with Gasteiger partial charge in [0.15, 0.2) is 0 Å². The molecule has 1 aliphatic heterocycles. The van der Waals surface area contributed by atoms with Crippen molar-refractivity contribution in [1.82, 2.24) is 14.7 Å². The Morgan fingerprint density at radius 1 is 1.00 bits per heavy atom. The number of carbonyl (C=O) groups excluding carboxylic acids is 2. The van der Waals surface area contributed by atoms with Crippen LogP contribution in [0.2, 0.25) is 5.02 Å². The summed E-state index contributed by atoms with van der Waals surface area (Å²) in [6.45, 7) is 9.20. The molecule has 0 bridgehead atoms. The van der Waals surface area contributed by atoms with Crippen LogP contribution in [0.1, 0.15) is 56.4 Å². The summed E-state index contributed by atoms with van der Waals surface area (Å²) >= 11 is 6.47. The van der Waals surface area contributed by atoms with Crippen molar-refractivity contribution in [1.29, 1.82) is 0 Å². The molecular weight excluding hydrogens is 566 g/mol. The first-order chi connectivity index (χ1) is 20.5. The third-order valence-corrected chi connectivity index (χ3v) is 7.84. The molecule has 43 heavy (non-hydrogen) atoms. The van der Waals surface area contributed by atoms with E-state index in [0.717, 1.165) is 46.1 Å². The highest BCUT2D eigenvalue weighted by atomic mass is 35.5. The maximum Gasteiger partial charge on any atom is 0.410 e. The molecule has 2 N–H and O–H groups in total. The predicted octanol–water partition coefficient (Wildman–Crippen LogP) is 7.89. The number of nitrogens with zero attached hydrogens (tertiary/aromatic N) is 3. The summed E-state index contributed by atoms with van der Waals surface area (Å²) in [5.41, 5.74) is 3.70. The summed E-state index contributed by atoms with van der Waals surface area (Å²) in [7, 11) is 1.64. The van der Waals surface area contributed by atoms with E-state index in [1.54, 1.807) is 28.8 Å². The number of benzene rings is 3. The summed E-state index contributed by atoms with van der Waals surface area (Å²) in [4.78, 5) is 27.9. The number of fused-ring (bicyclic) bond motifs is 1. The van der Waals surface area contributed by atoms with Crippen molar-refractivity contribution in [3.8, 4) is 5.69 Å². The number of ether oxygens (including phenoxy) is 2. The van der Waals surface area contributed by atoms with Crippen LogP contribution < -0.4 is 10.6 Å². The second-order valence-electron chi connectivity index (χ2n) is 11.8. The molecule has 1 saturated heterocycles. The summed E-state index contributed by atoms with van der Waals surface area (Å²) in [5, 5.41) is 13.3. The molecule has 3 aromatic carbocycles. The number of hydrogen-bond donors (Lipinski definition) is 2. The summed E-state index contributed by atoms with van der Waals surface area (Å²) in [6, 6.07) is 18.8. The summed E-state index contributed by atoms with van der Waals surface area (Å²) in [5.74, 6) is 0.721. The number of rotatable bonds is 6. The second-order valence-corrected chi connectivity index (χ2v) is 12.2. The first kappa shape index (κ1) is 30.4. The van der Waals surface area contributed by atoms with E-state index >= 15 is 0 Å². The molecule has 226 valence electrons. The fourth-order valence-electron chi connectivity index (χ4n) is 5.45. The van der Waals surface area contributed by atoms with Gasteiger partial charge in [-0.2, -0.15) is 5.10 Å². The number of methoxy groups -OCH3 is 1. The molecule has 0 radical (unpaired) electrons. The molecule has 0 spiro atoms. The van der Waals surface area contributed by atoms with E-state index in [4.69, 9.17) is 26.2 Å². The standard InChI is InChI=1S/C33H38ClN5O4/c1-21-29(23-15-17-38(18-16-23)32(41)43-33(2,3)4)37-39(24-9-7-6-8-10-24)30(21)36-31(40)35-28-14-13-27(34)25-12-11-22(20-42-5)19-26(25)28/h6-14,19,23H,15-18,20H2,1-5H3,(H2,35,36,40). The lowest BCUT2D eigenvalue weighted by atomic mass is 9.91. The van der Waals surface area contributed by atoms with Crippen LogP contribution in [0.3, 0.4) is 0 Å². The zero-order valence-electron chi connectivity index (χ0n) is 25.2. The molecule has 1 aromatic heterocycles. The molecule has 1 aliphatic rings. The Balaban J connectivity index is 1.40. The summed E-state index contributed by atoms with van der Waals surface area (Å²) < 4.78 is 12.6. The quantitative estimate of drug-likeness (QED) is 0.233.